The molecule has 0 spiro atoms. The molecule has 0 aliphatic carbocycles. The summed E-state index contributed by atoms with van der Waals surface area (Å²) in [6.45, 7) is 3.86. The van der Waals surface area contributed by atoms with Crippen LogP contribution in [0, 0.1) is 0 Å². The Morgan fingerprint density at radius 3 is 2.63 bits per heavy atom. The van der Waals surface area contributed by atoms with Gasteiger partial charge in [-0.2, -0.15) is 13.2 Å². The Kier molecular flexibility index (Phi) is 6.83. The van der Waals surface area contributed by atoms with Crippen LogP contribution < -0.4 is 5.32 Å². The molecule has 0 fully saturated rings. The van der Waals surface area contributed by atoms with Crippen LogP contribution in [0.2, 0.25) is 5.02 Å². The first-order valence-corrected chi connectivity index (χ1v) is 10.7. The minimum Gasteiger partial charge on any atom is -0.446 e. The first-order valence-electron chi connectivity index (χ1n) is 8.56. The van der Waals surface area contributed by atoms with Crippen molar-refractivity contribution in [2.75, 3.05) is 11.1 Å². The topological polar surface area (TPSA) is 73.0 Å². The monoisotopic (exact) mass is 522 g/mol. The van der Waals surface area contributed by atoms with Gasteiger partial charge >= 0.3 is 6.18 Å². The van der Waals surface area contributed by atoms with Crippen LogP contribution in [0.3, 0.4) is 0 Å². The summed E-state index contributed by atoms with van der Waals surface area (Å²) in [6.07, 6.45) is -4.54. The molecule has 160 valence electrons. The van der Waals surface area contributed by atoms with Crippen molar-refractivity contribution in [2.45, 2.75) is 31.2 Å². The molecule has 2 heterocycles. The molecule has 0 saturated heterocycles. The molecule has 6 nitrogen and oxygen atoms in total. The van der Waals surface area contributed by atoms with E-state index in [0.717, 1.165) is 30.0 Å². The molecule has 1 amide bonds. The molecule has 1 N–H and O–H groups in total. The van der Waals surface area contributed by atoms with Gasteiger partial charge in [-0.05, 0) is 60.1 Å². The second-order valence-electron chi connectivity index (χ2n) is 6.40. The van der Waals surface area contributed by atoms with Crippen molar-refractivity contribution >= 4 is 50.9 Å². The average molecular weight is 524 g/mol. The summed E-state index contributed by atoms with van der Waals surface area (Å²) in [6, 6.07) is 6.19. The number of benzene rings is 1. The molecule has 3 aromatic rings. The Balaban J connectivity index is 1.73. The van der Waals surface area contributed by atoms with Gasteiger partial charge in [-0.15, -0.1) is 10.2 Å². The van der Waals surface area contributed by atoms with E-state index in [-0.39, 0.29) is 22.5 Å². The molecular weight excluding hydrogens is 509 g/mol. The van der Waals surface area contributed by atoms with Gasteiger partial charge in [-0.3, -0.25) is 9.36 Å². The predicted molar refractivity (Wildman–Crippen MR) is 112 cm³/mol. The fraction of sp³-hybridized carbons (Fsp3) is 0.278. The lowest BCUT2D eigenvalue weighted by atomic mass is 10.2. The Hall–Kier alpha value is -1.98. The fourth-order valence-electron chi connectivity index (χ4n) is 2.56. The van der Waals surface area contributed by atoms with Crippen LogP contribution in [0.4, 0.5) is 18.9 Å². The van der Waals surface area contributed by atoms with E-state index in [4.69, 9.17) is 16.0 Å². The number of amides is 1. The van der Waals surface area contributed by atoms with Crippen LogP contribution in [0.5, 0.6) is 0 Å². The molecule has 0 aliphatic rings. The number of nitrogens with one attached hydrogen (secondary N) is 1. The smallest absolute Gasteiger partial charge is 0.416 e. The Morgan fingerprint density at radius 1 is 1.30 bits per heavy atom. The van der Waals surface area contributed by atoms with Gasteiger partial charge in [0.15, 0.2) is 15.6 Å². The number of hydrogen-bond acceptors (Lipinski definition) is 5. The molecule has 0 saturated carbocycles. The van der Waals surface area contributed by atoms with Gasteiger partial charge in [0.05, 0.1) is 22.0 Å². The summed E-state index contributed by atoms with van der Waals surface area (Å²) in [7, 11) is 0. The van der Waals surface area contributed by atoms with Gasteiger partial charge in [-0.25, -0.2) is 0 Å². The molecule has 0 aliphatic heterocycles. The normalized spacial score (nSPS) is 11.9. The van der Waals surface area contributed by atoms with Crippen molar-refractivity contribution in [3.63, 3.8) is 0 Å². The molecular formula is C18H15BrClF3N4O2S. The zero-order chi connectivity index (χ0) is 22.1. The second-order valence-corrected chi connectivity index (χ2v) is 8.53. The first-order chi connectivity index (χ1) is 14.1. The SMILES string of the molecule is CC(C)n1c(SCC(=O)Nc2cc(C(F)(F)F)ccc2Cl)nnc1-c1ccc(Br)o1. The van der Waals surface area contributed by atoms with Gasteiger partial charge in [0.25, 0.3) is 0 Å². The molecule has 0 atom stereocenters. The van der Waals surface area contributed by atoms with Crippen molar-refractivity contribution in [1.82, 2.24) is 14.8 Å². The molecule has 0 radical (unpaired) electrons. The lowest BCUT2D eigenvalue weighted by Gasteiger charge is -2.13. The number of halogens is 5. The third-order valence-corrected chi connectivity index (χ3v) is 5.57. The highest BCUT2D eigenvalue weighted by atomic mass is 79.9. The van der Waals surface area contributed by atoms with Gasteiger partial charge in [-0.1, -0.05) is 23.4 Å². The van der Waals surface area contributed by atoms with Crippen LogP contribution in [0.25, 0.3) is 11.6 Å². The van der Waals surface area contributed by atoms with Crippen molar-refractivity contribution in [2.24, 2.45) is 0 Å². The van der Waals surface area contributed by atoms with E-state index in [2.05, 4.69) is 31.4 Å². The van der Waals surface area contributed by atoms with Crippen molar-refractivity contribution in [1.29, 1.82) is 0 Å². The summed E-state index contributed by atoms with van der Waals surface area (Å²) in [5.74, 6) is 0.385. The lowest BCUT2D eigenvalue weighted by molar-refractivity contribution is -0.137. The van der Waals surface area contributed by atoms with Crippen LogP contribution in [0.1, 0.15) is 25.5 Å². The van der Waals surface area contributed by atoms with Crippen molar-refractivity contribution in [3.8, 4) is 11.6 Å². The quantitative estimate of drug-likeness (QED) is 0.385. The number of anilines is 1. The third-order valence-electron chi connectivity index (χ3n) is 3.87. The molecule has 12 heteroatoms. The fourth-order valence-corrected chi connectivity index (χ4v) is 3.90. The maximum Gasteiger partial charge on any atom is 0.416 e. The van der Waals surface area contributed by atoms with Gasteiger partial charge in [0.1, 0.15) is 0 Å². The van der Waals surface area contributed by atoms with E-state index in [9.17, 15) is 18.0 Å². The number of thioether (sulfide) groups is 1. The maximum atomic E-state index is 12.9. The summed E-state index contributed by atoms with van der Waals surface area (Å²) in [4.78, 5) is 12.3. The molecule has 30 heavy (non-hydrogen) atoms. The molecule has 3 rings (SSSR count). The minimum absolute atomic E-state index is 0.0115. The minimum atomic E-state index is -4.54. The maximum absolute atomic E-state index is 12.9. The predicted octanol–water partition coefficient (Wildman–Crippen LogP) is 6.28. The number of nitrogens with zero attached hydrogens (tertiary/aromatic N) is 3. The average Bonchev–Trinajstić information content (AvgIpc) is 3.26. The van der Waals surface area contributed by atoms with E-state index in [0.29, 0.717) is 21.4 Å². The number of furan rings is 1. The van der Waals surface area contributed by atoms with Gasteiger partial charge < -0.3 is 9.73 Å². The van der Waals surface area contributed by atoms with Gasteiger partial charge in [0, 0.05) is 6.04 Å². The number of hydrogen-bond donors (Lipinski definition) is 1. The Bertz CT molecular complexity index is 1070. The number of alkyl halides is 3. The van der Waals surface area contributed by atoms with Crippen LogP contribution in [-0.4, -0.2) is 26.4 Å². The zero-order valence-corrected chi connectivity index (χ0v) is 18.8. The Morgan fingerprint density at radius 2 is 2.03 bits per heavy atom. The highest BCUT2D eigenvalue weighted by molar-refractivity contribution is 9.10. The van der Waals surface area contributed by atoms with E-state index >= 15 is 0 Å². The largest absolute Gasteiger partial charge is 0.446 e. The summed E-state index contributed by atoms with van der Waals surface area (Å²) in [5, 5.41) is 11.1. The van der Waals surface area contributed by atoms with Crippen LogP contribution in [0.15, 0.2) is 44.6 Å². The standard InChI is InChI=1S/C18H15BrClF3N4O2S/c1-9(2)27-16(13-5-6-14(19)29-13)25-26-17(27)30-8-15(28)24-12-7-10(18(21,22)23)3-4-11(12)20/h3-7,9H,8H2,1-2H3,(H,24,28). The van der Waals surface area contributed by atoms with Crippen LogP contribution in [-0.2, 0) is 11.0 Å². The summed E-state index contributed by atoms with van der Waals surface area (Å²) in [5.41, 5.74) is -1.01. The third kappa shape index (κ3) is 5.19. The van der Waals surface area contributed by atoms with E-state index in [1.807, 2.05) is 13.8 Å². The molecule has 2 aromatic heterocycles. The van der Waals surface area contributed by atoms with Crippen molar-refractivity contribution in [3.05, 3.63) is 45.6 Å². The number of carbonyl (C=O) groups is 1. The molecule has 1 aromatic carbocycles. The number of rotatable bonds is 6. The molecule has 0 bridgehead atoms. The van der Waals surface area contributed by atoms with Crippen molar-refractivity contribution < 1.29 is 22.4 Å². The first kappa shape index (κ1) is 22.7. The summed E-state index contributed by atoms with van der Waals surface area (Å²) >= 11 is 10.3. The van der Waals surface area contributed by atoms with E-state index in [1.54, 1.807) is 16.7 Å². The second kappa shape index (κ2) is 9.03. The molecule has 0 unspecified atom stereocenters. The number of carbonyl (C=O) groups excluding carboxylic acids is 1. The Labute approximate surface area is 187 Å². The lowest BCUT2D eigenvalue weighted by Crippen LogP contribution is -2.16. The zero-order valence-electron chi connectivity index (χ0n) is 15.6. The van der Waals surface area contributed by atoms with Gasteiger partial charge in [0.2, 0.25) is 11.7 Å². The van der Waals surface area contributed by atoms with E-state index < -0.39 is 17.6 Å². The number of aromatic nitrogens is 3. The highest BCUT2D eigenvalue weighted by Gasteiger charge is 2.31. The van der Waals surface area contributed by atoms with E-state index in [1.165, 1.54) is 0 Å². The van der Waals surface area contributed by atoms with Crippen LogP contribution >= 0.6 is 39.3 Å². The summed E-state index contributed by atoms with van der Waals surface area (Å²) < 4.78 is 46.5. The highest BCUT2D eigenvalue weighted by Crippen LogP contribution is 2.34.